The first kappa shape index (κ1) is 19.7. The van der Waals surface area contributed by atoms with Crippen molar-refractivity contribution in [3.05, 3.63) is 35.4 Å². The topological polar surface area (TPSA) is 93.4 Å². The Kier molecular flexibility index (Phi) is 5.56. The SMILES string of the molecule is CC(O)(C(=O)N1CCC(NC(=O)c2ccc(C#N)cc2)CC1)C(F)(F)F. The molecule has 1 heterocycles. The number of aliphatic hydroxyl groups is 1. The number of alkyl halides is 3. The van der Waals surface area contributed by atoms with Crippen LogP contribution in [0, 0.1) is 11.3 Å². The second-order valence-corrected chi connectivity index (χ2v) is 6.30. The molecular formula is C17H18F3N3O3. The molecule has 0 saturated carbocycles. The van der Waals surface area contributed by atoms with E-state index in [4.69, 9.17) is 5.26 Å². The zero-order valence-electron chi connectivity index (χ0n) is 14.0. The highest BCUT2D eigenvalue weighted by atomic mass is 19.4. The number of hydrogen-bond acceptors (Lipinski definition) is 4. The van der Waals surface area contributed by atoms with Gasteiger partial charge in [-0.05, 0) is 44.0 Å². The maximum Gasteiger partial charge on any atom is 0.426 e. The van der Waals surface area contributed by atoms with Crippen LogP contribution in [0.15, 0.2) is 24.3 Å². The molecule has 2 amide bonds. The van der Waals surface area contributed by atoms with Gasteiger partial charge in [-0.1, -0.05) is 0 Å². The fraction of sp³-hybridized carbons (Fsp3) is 0.471. The summed E-state index contributed by atoms with van der Waals surface area (Å²) in [4.78, 5) is 25.0. The number of nitrogens with zero attached hydrogens (tertiary/aromatic N) is 2. The van der Waals surface area contributed by atoms with Crippen molar-refractivity contribution >= 4 is 11.8 Å². The minimum atomic E-state index is -5.05. The van der Waals surface area contributed by atoms with E-state index in [0.717, 1.165) is 4.90 Å². The van der Waals surface area contributed by atoms with Gasteiger partial charge in [-0.15, -0.1) is 0 Å². The Morgan fingerprint density at radius 1 is 1.23 bits per heavy atom. The number of nitriles is 1. The van der Waals surface area contributed by atoms with Crippen LogP contribution in [-0.4, -0.2) is 52.7 Å². The van der Waals surface area contributed by atoms with E-state index in [-0.39, 0.29) is 37.9 Å². The minimum Gasteiger partial charge on any atom is -0.373 e. The van der Waals surface area contributed by atoms with Crippen LogP contribution in [0.4, 0.5) is 13.2 Å². The highest BCUT2D eigenvalue weighted by Gasteiger charge is 2.57. The third kappa shape index (κ3) is 4.14. The van der Waals surface area contributed by atoms with Crippen LogP contribution in [0.1, 0.15) is 35.7 Å². The largest absolute Gasteiger partial charge is 0.426 e. The Balaban J connectivity index is 1.91. The second-order valence-electron chi connectivity index (χ2n) is 6.30. The van der Waals surface area contributed by atoms with Gasteiger partial charge < -0.3 is 15.3 Å². The maximum absolute atomic E-state index is 12.8. The van der Waals surface area contributed by atoms with Crippen molar-refractivity contribution in [3.63, 3.8) is 0 Å². The van der Waals surface area contributed by atoms with E-state index in [0.29, 0.717) is 18.1 Å². The molecule has 1 unspecified atom stereocenters. The molecule has 140 valence electrons. The lowest BCUT2D eigenvalue weighted by atomic mass is 9.99. The van der Waals surface area contributed by atoms with Crippen LogP contribution >= 0.6 is 0 Å². The van der Waals surface area contributed by atoms with Crippen LogP contribution in [-0.2, 0) is 4.79 Å². The van der Waals surface area contributed by atoms with E-state index >= 15 is 0 Å². The predicted octanol–water partition coefficient (Wildman–Crippen LogP) is 1.59. The van der Waals surface area contributed by atoms with Crippen LogP contribution < -0.4 is 5.32 Å². The molecule has 0 bridgehead atoms. The Morgan fingerprint density at radius 2 is 1.77 bits per heavy atom. The van der Waals surface area contributed by atoms with Gasteiger partial charge in [-0.25, -0.2) is 0 Å². The number of piperidine rings is 1. The zero-order valence-corrected chi connectivity index (χ0v) is 14.0. The molecular weight excluding hydrogens is 351 g/mol. The van der Waals surface area contributed by atoms with Crippen molar-refractivity contribution in [2.45, 2.75) is 37.6 Å². The van der Waals surface area contributed by atoms with E-state index < -0.39 is 17.7 Å². The molecule has 1 aromatic rings. The van der Waals surface area contributed by atoms with E-state index in [9.17, 15) is 27.9 Å². The Bertz CT molecular complexity index is 715. The molecule has 0 aliphatic carbocycles. The first-order chi connectivity index (χ1) is 12.1. The number of amides is 2. The normalized spacial score (nSPS) is 17.9. The van der Waals surface area contributed by atoms with Gasteiger partial charge in [0.05, 0.1) is 11.6 Å². The number of rotatable bonds is 3. The molecule has 0 radical (unpaired) electrons. The summed E-state index contributed by atoms with van der Waals surface area (Å²) in [7, 11) is 0. The third-order valence-corrected chi connectivity index (χ3v) is 4.36. The molecule has 1 aromatic carbocycles. The first-order valence-corrected chi connectivity index (χ1v) is 7.96. The van der Waals surface area contributed by atoms with Crippen molar-refractivity contribution in [2.24, 2.45) is 0 Å². The zero-order chi connectivity index (χ0) is 19.5. The molecule has 2 rings (SSSR count). The lowest BCUT2D eigenvalue weighted by Gasteiger charge is -2.37. The van der Waals surface area contributed by atoms with Crippen molar-refractivity contribution in [1.82, 2.24) is 10.2 Å². The summed E-state index contributed by atoms with van der Waals surface area (Å²) in [5.74, 6) is -1.75. The summed E-state index contributed by atoms with van der Waals surface area (Å²) in [6, 6.07) is 7.68. The highest BCUT2D eigenvalue weighted by Crippen LogP contribution is 2.32. The summed E-state index contributed by atoms with van der Waals surface area (Å²) in [6.07, 6.45) is -4.49. The fourth-order valence-corrected chi connectivity index (χ4v) is 2.62. The van der Waals surface area contributed by atoms with Crippen molar-refractivity contribution in [2.75, 3.05) is 13.1 Å². The van der Waals surface area contributed by atoms with Crippen LogP contribution in [0.5, 0.6) is 0 Å². The standard InChI is InChI=1S/C17H18F3N3O3/c1-16(26,17(18,19)20)15(25)23-8-6-13(7-9-23)22-14(24)12-4-2-11(10-21)3-5-12/h2-5,13,26H,6-9H2,1H3,(H,22,24). The van der Waals surface area contributed by atoms with Gasteiger partial charge >= 0.3 is 6.18 Å². The first-order valence-electron chi connectivity index (χ1n) is 7.96. The van der Waals surface area contributed by atoms with Crippen LogP contribution in [0.2, 0.25) is 0 Å². The van der Waals surface area contributed by atoms with Gasteiger partial charge in [0.15, 0.2) is 0 Å². The van der Waals surface area contributed by atoms with Crippen LogP contribution in [0.25, 0.3) is 0 Å². The molecule has 6 nitrogen and oxygen atoms in total. The molecule has 1 fully saturated rings. The monoisotopic (exact) mass is 369 g/mol. The van der Waals surface area contributed by atoms with E-state index in [1.165, 1.54) is 24.3 Å². The van der Waals surface area contributed by atoms with E-state index in [1.807, 2.05) is 6.07 Å². The average molecular weight is 369 g/mol. The molecule has 0 aromatic heterocycles. The number of carbonyl (C=O) groups excluding carboxylic acids is 2. The quantitative estimate of drug-likeness (QED) is 0.846. The number of nitrogens with one attached hydrogen (secondary N) is 1. The fourth-order valence-electron chi connectivity index (χ4n) is 2.62. The molecule has 9 heteroatoms. The summed E-state index contributed by atoms with van der Waals surface area (Å²) in [6.45, 7) is 0.445. The summed E-state index contributed by atoms with van der Waals surface area (Å²) in [5, 5.41) is 21.0. The lowest BCUT2D eigenvalue weighted by Crippen LogP contribution is -2.58. The molecule has 1 atom stereocenters. The molecule has 2 N–H and O–H groups in total. The summed E-state index contributed by atoms with van der Waals surface area (Å²) in [5.41, 5.74) is -2.64. The summed E-state index contributed by atoms with van der Waals surface area (Å²) < 4.78 is 38.3. The Morgan fingerprint density at radius 3 is 2.23 bits per heavy atom. The summed E-state index contributed by atoms with van der Waals surface area (Å²) >= 11 is 0. The maximum atomic E-state index is 12.8. The lowest BCUT2D eigenvalue weighted by molar-refractivity contribution is -0.250. The Labute approximate surface area is 148 Å². The van der Waals surface area contributed by atoms with Gasteiger partial charge in [0, 0.05) is 24.7 Å². The van der Waals surface area contributed by atoms with Gasteiger partial charge in [0.1, 0.15) is 0 Å². The van der Waals surface area contributed by atoms with Gasteiger partial charge in [0.25, 0.3) is 11.8 Å². The molecule has 0 spiro atoms. The number of likely N-dealkylation sites (tertiary alicyclic amines) is 1. The van der Waals surface area contributed by atoms with E-state index in [1.54, 1.807) is 0 Å². The number of benzene rings is 1. The number of hydrogen-bond donors (Lipinski definition) is 2. The van der Waals surface area contributed by atoms with Crippen LogP contribution in [0.3, 0.4) is 0 Å². The van der Waals surface area contributed by atoms with E-state index in [2.05, 4.69) is 5.32 Å². The van der Waals surface area contributed by atoms with Gasteiger partial charge in [-0.2, -0.15) is 18.4 Å². The predicted molar refractivity (Wildman–Crippen MR) is 84.9 cm³/mol. The highest BCUT2D eigenvalue weighted by molar-refractivity contribution is 5.94. The molecule has 26 heavy (non-hydrogen) atoms. The van der Waals surface area contributed by atoms with Crippen molar-refractivity contribution in [1.29, 1.82) is 5.26 Å². The smallest absolute Gasteiger partial charge is 0.373 e. The molecule has 1 aliphatic heterocycles. The van der Waals surface area contributed by atoms with Gasteiger partial charge in [0.2, 0.25) is 5.60 Å². The number of halogens is 3. The molecule has 1 saturated heterocycles. The number of carbonyl (C=O) groups is 2. The second kappa shape index (κ2) is 7.33. The van der Waals surface area contributed by atoms with Crippen molar-refractivity contribution in [3.8, 4) is 6.07 Å². The molecule has 1 aliphatic rings. The minimum absolute atomic E-state index is 0.00335. The average Bonchev–Trinajstić information content (AvgIpc) is 2.60. The van der Waals surface area contributed by atoms with Crippen molar-refractivity contribution < 1.29 is 27.9 Å². The van der Waals surface area contributed by atoms with Gasteiger partial charge in [-0.3, -0.25) is 9.59 Å². The Hall–Kier alpha value is -2.60. The third-order valence-electron chi connectivity index (χ3n) is 4.36.